The fourth-order valence-corrected chi connectivity index (χ4v) is 3.20. The van der Waals surface area contributed by atoms with E-state index in [1.54, 1.807) is 0 Å². The van der Waals surface area contributed by atoms with E-state index in [2.05, 4.69) is 22.5 Å². The molecule has 2 amide bonds. The molecule has 0 aliphatic carbocycles. The van der Waals surface area contributed by atoms with Gasteiger partial charge in [0.05, 0.1) is 12.5 Å². The van der Waals surface area contributed by atoms with Crippen LogP contribution < -0.4 is 10.6 Å². The maximum absolute atomic E-state index is 12.5. The van der Waals surface area contributed by atoms with Gasteiger partial charge in [-0.25, -0.2) is 0 Å². The Balaban J connectivity index is 1.70. The van der Waals surface area contributed by atoms with Crippen molar-refractivity contribution in [2.24, 2.45) is 0 Å². The number of hydrogen-bond acceptors (Lipinski definition) is 3. The highest BCUT2D eigenvalue weighted by molar-refractivity contribution is 6.00. The van der Waals surface area contributed by atoms with Gasteiger partial charge in [0, 0.05) is 11.4 Å². The van der Waals surface area contributed by atoms with Gasteiger partial charge in [0.1, 0.15) is 0 Å². The van der Waals surface area contributed by atoms with Gasteiger partial charge in [-0.15, -0.1) is 0 Å². The van der Waals surface area contributed by atoms with E-state index in [1.165, 1.54) is 6.42 Å². The molecule has 2 N–H and O–H groups in total. The van der Waals surface area contributed by atoms with E-state index in [0.29, 0.717) is 6.42 Å². The van der Waals surface area contributed by atoms with Gasteiger partial charge < -0.3 is 10.6 Å². The molecule has 1 atom stereocenters. The van der Waals surface area contributed by atoms with Gasteiger partial charge in [-0.2, -0.15) is 0 Å². The zero-order chi connectivity index (χ0) is 14.8. The van der Waals surface area contributed by atoms with E-state index in [9.17, 15) is 9.59 Å². The van der Waals surface area contributed by atoms with E-state index in [-0.39, 0.29) is 17.9 Å². The van der Waals surface area contributed by atoms with E-state index in [4.69, 9.17) is 0 Å². The monoisotopic (exact) mass is 287 g/mol. The van der Waals surface area contributed by atoms with Crippen LogP contribution in [0.25, 0.3) is 0 Å². The van der Waals surface area contributed by atoms with Crippen molar-refractivity contribution in [3.05, 3.63) is 23.8 Å². The third kappa shape index (κ3) is 2.93. The molecule has 0 bridgehead atoms. The third-order valence-electron chi connectivity index (χ3n) is 4.32. The Morgan fingerprint density at radius 3 is 3.10 bits per heavy atom. The Hall–Kier alpha value is -1.88. The first-order valence-electron chi connectivity index (χ1n) is 7.65. The maximum Gasteiger partial charge on any atom is 0.241 e. The first-order chi connectivity index (χ1) is 10.2. The first-order valence-corrected chi connectivity index (χ1v) is 7.65. The van der Waals surface area contributed by atoms with Gasteiger partial charge in [-0.05, 0) is 49.7 Å². The molecular formula is C16H21N3O2. The van der Waals surface area contributed by atoms with Crippen molar-refractivity contribution < 1.29 is 9.59 Å². The highest BCUT2D eigenvalue weighted by Gasteiger charge is 2.27. The molecule has 1 aromatic carbocycles. The molecule has 3 rings (SSSR count). The van der Waals surface area contributed by atoms with Crippen molar-refractivity contribution in [1.29, 1.82) is 0 Å². The van der Waals surface area contributed by atoms with E-state index >= 15 is 0 Å². The molecule has 5 heteroatoms. The molecule has 5 nitrogen and oxygen atoms in total. The van der Waals surface area contributed by atoms with Gasteiger partial charge >= 0.3 is 0 Å². The molecule has 1 saturated heterocycles. The third-order valence-corrected chi connectivity index (χ3v) is 4.32. The number of piperidine rings is 1. The largest absolute Gasteiger partial charge is 0.326 e. The number of likely N-dealkylation sites (tertiary alicyclic amines) is 1. The van der Waals surface area contributed by atoms with E-state index < -0.39 is 0 Å². The Morgan fingerprint density at radius 1 is 1.43 bits per heavy atom. The normalized spacial score (nSPS) is 21.8. The fraction of sp³-hybridized carbons (Fsp3) is 0.500. The number of benzene rings is 1. The van der Waals surface area contributed by atoms with E-state index in [1.807, 2.05) is 18.2 Å². The second-order valence-electron chi connectivity index (χ2n) is 5.73. The van der Waals surface area contributed by atoms with Crippen LogP contribution in [0.15, 0.2) is 18.2 Å². The summed E-state index contributed by atoms with van der Waals surface area (Å²) in [6.07, 6.45) is 3.59. The number of carbonyl (C=O) groups excluding carboxylic acids is 2. The lowest BCUT2D eigenvalue weighted by atomic mass is 10.0. The summed E-state index contributed by atoms with van der Waals surface area (Å²) in [7, 11) is 0. The van der Waals surface area contributed by atoms with Crippen LogP contribution in [-0.4, -0.2) is 35.8 Å². The summed E-state index contributed by atoms with van der Waals surface area (Å²) in [5.41, 5.74) is 2.58. The molecule has 2 aliphatic heterocycles. The van der Waals surface area contributed by atoms with Crippen LogP contribution in [0, 0.1) is 0 Å². The zero-order valence-corrected chi connectivity index (χ0v) is 12.3. The van der Waals surface area contributed by atoms with Crippen LogP contribution in [-0.2, 0) is 16.0 Å². The highest BCUT2D eigenvalue weighted by Crippen LogP contribution is 2.26. The van der Waals surface area contributed by atoms with Crippen LogP contribution in [0.5, 0.6) is 0 Å². The Morgan fingerprint density at radius 2 is 2.29 bits per heavy atom. The van der Waals surface area contributed by atoms with Crippen molar-refractivity contribution in [2.45, 2.75) is 38.6 Å². The quantitative estimate of drug-likeness (QED) is 0.894. The SMILES string of the molecule is CCN1CCCC[C@@H]1C(=O)Nc1ccc2c(c1)CC(=O)N2. The smallest absolute Gasteiger partial charge is 0.241 e. The number of fused-ring (bicyclic) bond motifs is 1. The van der Waals surface area contributed by atoms with Gasteiger partial charge in [0.15, 0.2) is 0 Å². The lowest BCUT2D eigenvalue weighted by Gasteiger charge is -2.33. The summed E-state index contributed by atoms with van der Waals surface area (Å²) < 4.78 is 0. The summed E-state index contributed by atoms with van der Waals surface area (Å²) in [6.45, 7) is 4.00. The van der Waals surface area contributed by atoms with E-state index in [0.717, 1.165) is 42.9 Å². The summed E-state index contributed by atoms with van der Waals surface area (Å²) in [5, 5.41) is 5.80. The van der Waals surface area contributed by atoms with Gasteiger partial charge in [-0.1, -0.05) is 13.3 Å². The van der Waals surface area contributed by atoms with Crippen LogP contribution in [0.1, 0.15) is 31.7 Å². The van der Waals surface area contributed by atoms with Crippen LogP contribution in [0.3, 0.4) is 0 Å². The van der Waals surface area contributed by atoms with Crippen molar-refractivity contribution >= 4 is 23.2 Å². The lowest BCUT2D eigenvalue weighted by Crippen LogP contribution is -2.46. The minimum Gasteiger partial charge on any atom is -0.326 e. The highest BCUT2D eigenvalue weighted by atomic mass is 16.2. The van der Waals surface area contributed by atoms with Crippen molar-refractivity contribution in [2.75, 3.05) is 23.7 Å². The number of nitrogens with zero attached hydrogens (tertiary/aromatic N) is 1. The summed E-state index contributed by atoms with van der Waals surface area (Å²) in [5.74, 6) is 0.0756. The number of hydrogen-bond donors (Lipinski definition) is 2. The average Bonchev–Trinajstić information content (AvgIpc) is 2.86. The van der Waals surface area contributed by atoms with Crippen LogP contribution >= 0.6 is 0 Å². The summed E-state index contributed by atoms with van der Waals surface area (Å²) in [4.78, 5) is 26.1. The molecule has 0 aromatic heterocycles. The second kappa shape index (κ2) is 5.85. The minimum atomic E-state index is -0.0308. The topological polar surface area (TPSA) is 61.4 Å². The van der Waals surface area contributed by atoms with Crippen molar-refractivity contribution in [3.63, 3.8) is 0 Å². The molecule has 1 fully saturated rings. The molecule has 0 radical (unpaired) electrons. The summed E-state index contributed by atoms with van der Waals surface area (Å²) >= 11 is 0. The average molecular weight is 287 g/mol. The Bertz CT molecular complexity index is 571. The zero-order valence-electron chi connectivity index (χ0n) is 12.3. The van der Waals surface area contributed by atoms with Gasteiger partial charge in [-0.3, -0.25) is 14.5 Å². The molecule has 112 valence electrons. The minimum absolute atomic E-state index is 0.0120. The Labute approximate surface area is 124 Å². The fourth-order valence-electron chi connectivity index (χ4n) is 3.20. The molecule has 21 heavy (non-hydrogen) atoms. The number of nitrogens with one attached hydrogen (secondary N) is 2. The number of amides is 2. The molecule has 1 aromatic rings. The molecule has 2 aliphatic rings. The molecular weight excluding hydrogens is 266 g/mol. The maximum atomic E-state index is 12.5. The molecule has 0 unspecified atom stereocenters. The number of anilines is 2. The number of carbonyl (C=O) groups is 2. The molecule has 2 heterocycles. The predicted octanol–water partition coefficient (Wildman–Crippen LogP) is 1.99. The Kier molecular flexibility index (Phi) is 3.92. The van der Waals surface area contributed by atoms with Gasteiger partial charge in [0.25, 0.3) is 0 Å². The van der Waals surface area contributed by atoms with Gasteiger partial charge in [0.2, 0.25) is 11.8 Å². The van der Waals surface area contributed by atoms with Crippen molar-refractivity contribution in [1.82, 2.24) is 4.90 Å². The molecule has 0 spiro atoms. The standard InChI is InChI=1S/C16H21N3O2/c1-2-19-8-4-3-5-14(19)16(21)17-12-6-7-13-11(9-12)10-15(20)18-13/h6-7,9,14H,2-5,8,10H2,1H3,(H,17,21)(H,18,20)/t14-/m1/s1. The lowest BCUT2D eigenvalue weighted by molar-refractivity contribution is -0.122. The van der Waals surface area contributed by atoms with Crippen LogP contribution in [0.2, 0.25) is 0 Å². The second-order valence-corrected chi connectivity index (χ2v) is 5.73. The predicted molar refractivity (Wildman–Crippen MR) is 82.3 cm³/mol. The van der Waals surface area contributed by atoms with Crippen molar-refractivity contribution in [3.8, 4) is 0 Å². The first kappa shape index (κ1) is 14.1. The summed E-state index contributed by atoms with van der Waals surface area (Å²) in [6, 6.07) is 5.57. The van der Waals surface area contributed by atoms with Crippen LogP contribution in [0.4, 0.5) is 11.4 Å². The number of likely N-dealkylation sites (N-methyl/N-ethyl adjacent to an activating group) is 1. The number of rotatable bonds is 3. The molecule has 0 saturated carbocycles.